The lowest BCUT2D eigenvalue weighted by Crippen LogP contribution is -2.18. The molecule has 4 nitrogen and oxygen atoms in total. The van der Waals surface area contributed by atoms with Crippen molar-refractivity contribution in [2.24, 2.45) is 0 Å². The normalized spacial score (nSPS) is 13.7. The van der Waals surface area contributed by atoms with E-state index >= 15 is 0 Å². The van der Waals surface area contributed by atoms with Crippen LogP contribution < -0.4 is 9.64 Å². The van der Waals surface area contributed by atoms with Crippen molar-refractivity contribution in [3.05, 3.63) is 63.8 Å². The zero-order chi connectivity index (χ0) is 18.8. The molecule has 0 atom stereocenters. The molecule has 5 heteroatoms. The fourth-order valence-electron chi connectivity index (χ4n) is 3.51. The van der Waals surface area contributed by atoms with E-state index < -0.39 is 0 Å². The van der Waals surface area contributed by atoms with E-state index in [4.69, 9.17) is 15.0 Å². The number of benzene rings is 2. The molecule has 27 heavy (non-hydrogen) atoms. The van der Waals surface area contributed by atoms with Crippen LogP contribution in [0.4, 0.5) is 5.69 Å². The highest BCUT2D eigenvalue weighted by Crippen LogP contribution is 2.36. The highest BCUT2D eigenvalue weighted by Gasteiger charge is 2.17. The quantitative estimate of drug-likeness (QED) is 0.568. The number of hydrogen-bond acceptors (Lipinski definition) is 4. The van der Waals surface area contributed by atoms with Crippen LogP contribution in [0.3, 0.4) is 0 Å². The maximum absolute atomic E-state index is 8.90. The Morgan fingerprint density at radius 1 is 1.15 bits per heavy atom. The largest absolute Gasteiger partial charge is 0.488 e. The van der Waals surface area contributed by atoms with Gasteiger partial charge in [-0.25, -0.2) is 0 Å². The summed E-state index contributed by atoms with van der Waals surface area (Å²) in [7, 11) is 0. The highest BCUT2D eigenvalue weighted by atomic mass is 79.9. The Hall–Kier alpha value is -2.58. The Balaban J connectivity index is 1.63. The molecule has 0 N–H and O–H groups in total. The van der Waals surface area contributed by atoms with E-state index in [1.165, 1.54) is 18.5 Å². The highest BCUT2D eigenvalue weighted by molar-refractivity contribution is 9.10. The van der Waals surface area contributed by atoms with E-state index in [9.17, 15) is 0 Å². The topological polar surface area (TPSA) is 49.1 Å². The minimum absolute atomic E-state index is 0.445. The maximum atomic E-state index is 8.90. The summed E-state index contributed by atoms with van der Waals surface area (Å²) in [6.45, 7) is 4.69. The van der Waals surface area contributed by atoms with Crippen LogP contribution in [0.2, 0.25) is 0 Å². The summed E-state index contributed by atoms with van der Waals surface area (Å²) in [4.78, 5) is 7.17. The third-order valence-corrected chi connectivity index (χ3v) is 5.51. The molecule has 2 heterocycles. The second-order valence-corrected chi connectivity index (χ2v) is 7.73. The van der Waals surface area contributed by atoms with Crippen LogP contribution in [-0.4, -0.2) is 18.1 Å². The molecule has 1 aliphatic heterocycles. The van der Waals surface area contributed by atoms with Gasteiger partial charge in [-0.15, -0.1) is 0 Å². The number of hydrogen-bond donors (Lipinski definition) is 0. The molecule has 0 aliphatic carbocycles. The van der Waals surface area contributed by atoms with Crippen molar-refractivity contribution in [2.45, 2.75) is 26.4 Å². The minimum Gasteiger partial charge on any atom is -0.488 e. The molecule has 1 saturated heterocycles. The molecule has 3 aromatic rings. The predicted octanol–water partition coefficient (Wildman–Crippen LogP) is 5.36. The van der Waals surface area contributed by atoms with E-state index in [1.807, 2.05) is 25.1 Å². The van der Waals surface area contributed by atoms with Crippen molar-refractivity contribution in [3.8, 4) is 11.8 Å². The third kappa shape index (κ3) is 3.77. The van der Waals surface area contributed by atoms with Gasteiger partial charge in [0.2, 0.25) is 0 Å². The fraction of sp³-hybridized carbons (Fsp3) is 0.273. The summed E-state index contributed by atoms with van der Waals surface area (Å²) in [6.07, 6.45) is 2.49. The molecule has 0 spiro atoms. The molecule has 4 rings (SSSR count). The van der Waals surface area contributed by atoms with Crippen molar-refractivity contribution in [3.63, 3.8) is 0 Å². The second kappa shape index (κ2) is 7.58. The number of ether oxygens (including phenoxy) is 1. The van der Waals surface area contributed by atoms with Gasteiger partial charge < -0.3 is 9.64 Å². The molecule has 0 amide bonds. The zero-order valence-electron chi connectivity index (χ0n) is 15.2. The lowest BCUT2D eigenvalue weighted by Gasteiger charge is -2.21. The zero-order valence-corrected chi connectivity index (χ0v) is 16.8. The van der Waals surface area contributed by atoms with Gasteiger partial charge in [-0.3, -0.25) is 4.98 Å². The second-order valence-electron chi connectivity index (χ2n) is 6.87. The summed E-state index contributed by atoms with van der Waals surface area (Å²) in [6, 6.07) is 15.9. The van der Waals surface area contributed by atoms with Crippen LogP contribution in [0.1, 0.15) is 29.7 Å². The number of aromatic nitrogens is 1. The molecule has 0 radical (unpaired) electrons. The van der Waals surface area contributed by atoms with Crippen LogP contribution >= 0.6 is 15.9 Å². The number of halogens is 1. The first-order valence-electron chi connectivity index (χ1n) is 9.12. The first kappa shape index (κ1) is 17.8. The van der Waals surface area contributed by atoms with E-state index in [2.05, 4.69) is 39.0 Å². The number of fused-ring (bicyclic) bond motifs is 1. The standard InChI is InChI=1S/C22H20BrN3O/c1-15-10-21(26-8-2-3-9-26)18-11-19(23)22(12-20(18)25-15)27-14-17-6-4-16(13-24)5-7-17/h4-7,10-12H,2-3,8-9,14H2,1H3. The summed E-state index contributed by atoms with van der Waals surface area (Å²) in [5.74, 6) is 0.775. The monoisotopic (exact) mass is 421 g/mol. The van der Waals surface area contributed by atoms with Crippen molar-refractivity contribution >= 4 is 32.5 Å². The molecule has 0 bridgehead atoms. The smallest absolute Gasteiger partial charge is 0.136 e. The number of nitrogens with zero attached hydrogens (tertiary/aromatic N) is 3. The summed E-state index contributed by atoms with van der Waals surface area (Å²) < 4.78 is 6.95. The van der Waals surface area contributed by atoms with Gasteiger partial charge in [0.1, 0.15) is 12.4 Å². The Kier molecular flexibility index (Phi) is 5.00. The van der Waals surface area contributed by atoms with Crippen LogP contribution in [-0.2, 0) is 6.61 Å². The third-order valence-electron chi connectivity index (χ3n) is 4.89. The molecule has 2 aromatic carbocycles. The Labute approximate surface area is 167 Å². The van der Waals surface area contributed by atoms with Crippen LogP contribution in [0, 0.1) is 18.3 Å². The lowest BCUT2D eigenvalue weighted by atomic mass is 10.1. The molecular formula is C22H20BrN3O. The summed E-state index contributed by atoms with van der Waals surface area (Å²) in [5, 5.41) is 10.1. The minimum atomic E-state index is 0.445. The van der Waals surface area contributed by atoms with Gasteiger partial charge in [0.25, 0.3) is 0 Å². The number of aryl methyl sites for hydroxylation is 1. The molecule has 1 aliphatic rings. The summed E-state index contributed by atoms with van der Waals surface area (Å²) >= 11 is 3.66. The molecule has 1 fully saturated rings. The van der Waals surface area contributed by atoms with Crippen LogP contribution in [0.15, 0.2) is 46.9 Å². The van der Waals surface area contributed by atoms with Crippen molar-refractivity contribution in [1.29, 1.82) is 5.26 Å². The average Bonchev–Trinajstić information content (AvgIpc) is 3.21. The van der Waals surface area contributed by atoms with Gasteiger partial charge in [0, 0.05) is 35.9 Å². The molecule has 136 valence electrons. The number of anilines is 1. The predicted molar refractivity (Wildman–Crippen MR) is 111 cm³/mol. The SMILES string of the molecule is Cc1cc(N2CCCC2)c2cc(Br)c(OCc3ccc(C#N)cc3)cc2n1. The van der Waals surface area contributed by atoms with Crippen LogP contribution in [0.25, 0.3) is 10.9 Å². The number of rotatable bonds is 4. The van der Waals surface area contributed by atoms with E-state index in [0.29, 0.717) is 12.2 Å². The van der Waals surface area contributed by atoms with Crippen molar-refractivity contribution in [2.75, 3.05) is 18.0 Å². The van der Waals surface area contributed by atoms with Gasteiger partial charge >= 0.3 is 0 Å². The first-order chi connectivity index (χ1) is 13.1. The average molecular weight is 422 g/mol. The van der Waals surface area contributed by atoms with Crippen molar-refractivity contribution in [1.82, 2.24) is 4.98 Å². The molecular weight excluding hydrogens is 402 g/mol. The molecule has 1 aromatic heterocycles. The lowest BCUT2D eigenvalue weighted by molar-refractivity contribution is 0.304. The summed E-state index contributed by atoms with van der Waals surface area (Å²) in [5.41, 5.74) is 4.91. The van der Waals surface area contributed by atoms with Gasteiger partial charge in [-0.2, -0.15) is 5.26 Å². The first-order valence-corrected chi connectivity index (χ1v) is 9.91. The van der Waals surface area contributed by atoms with Gasteiger partial charge in [0.05, 0.1) is 21.6 Å². The molecule has 0 saturated carbocycles. The number of nitriles is 1. The van der Waals surface area contributed by atoms with Crippen molar-refractivity contribution < 1.29 is 4.74 Å². The maximum Gasteiger partial charge on any atom is 0.136 e. The van der Waals surface area contributed by atoms with E-state index in [-0.39, 0.29) is 0 Å². The molecule has 0 unspecified atom stereocenters. The fourth-order valence-corrected chi connectivity index (χ4v) is 3.96. The Morgan fingerprint density at radius 3 is 2.59 bits per heavy atom. The van der Waals surface area contributed by atoms with E-state index in [1.54, 1.807) is 12.1 Å². The van der Waals surface area contributed by atoms with Gasteiger partial charge in [-0.1, -0.05) is 12.1 Å². The number of pyridine rings is 1. The van der Waals surface area contributed by atoms with Gasteiger partial charge in [-0.05, 0) is 65.5 Å². The van der Waals surface area contributed by atoms with Gasteiger partial charge in [0.15, 0.2) is 0 Å². The Morgan fingerprint density at radius 2 is 1.89 bits per heavy atom. The van der Waals surface area contributed by atoms with Crippen LogP contribution in [0.5, 0.6) is 5.75 Å². The Bertz CT molecular complexity index is 1020. The van der Waals surface area contributed by atoms with E-state index in [0.717, 1.165) is 45.5 Å².